The first kappa shape index (κ1) is 18.7. The van der Waals surface area contributed by atoms with Crippen molar-refractivity contribution in [2.24, 2.45) is 0 Å². The van der Waals surface area contributed by atoms with Gasteiger partial charge in [0.25, 0.3) is 11.1 Å². The molecule has 29 heavy (non-hydrogen) atoms. The molecule has 0 saturated heterocycles. The van der Waals surface area contributed by atoms with E-state index in [1.165, 1.54) is 6.92 Å². The first-order valence-electron chi connectivity index (χ1n) is 8.77. The molecule has 0 aliphatic carbocycles. The van der Waals surface area contributed by atoms with Gasteiger partial charge in [0.1, 0.15) is 11.4 Å². The molecule has 0 N–H and O–H groups in total. The Balaban J connectivity index is 1.81. The lowest BCUT2D eigenvalue weighted by Crippen LogP contribution is -2.28. The Hall–Kier alpha value is -3.65. The van der Waals surface area contributed by atoms with Crippen LogP contribution in [0.1, 0.15) is 23.7 Å². The van der Waals surface area contributed by atoms with Crippen LogP contribution in [0, 0.1) is 0 Å². The number of carbonyl (C=O) groups is 1. The van der Waals surface area contributed by atoms with Gasteiger partial charge in [0.05, 0.1) is 4.53 Å². The van der Waals surface area contributed by atoms with E-state index in [2.05, 4.69) is 10.1 Å². The van der Waals surface area contributed by atoms with Crippen molar-refractivity contribution in [2.75, 3.05) is 0 Å². The molecule has 4 aromatic rings. The van der Waals surface area contributed by atoms with Crippen LogP contribution in [0.4, 0.5) is 0 Å². The van der Waals surface area contributed by atoms with Crippen molar-refractivity contribution in [2.45, 2.75) is 13.3 Å². The van der Waals surface area contributed by atoms with Crippen LogP contribution in [0.25, 0.3) is 11.0 Å². The van der Waals surface area contributed by atoms with E-state index < -0.39 is 11.5 Å². The fourth-order valence-electron chi connectivity index (χ4n) is 2.83. The summed E-state index contributed by atoms with van der Waals surface area (Å²) >= 11 is 1.06. The molecule has 2 aromatic heterocycles. The van der Waals surface area contributed by atoms with Gasteiger partial charge >= 0.3 is 5.97 Å². The maximum Gasteiger partial charge on any atom is 0.308 e. The van der Waals surface area contributed by atoms with E-state index in [0.717, 1.165) is 21.4 Å². The summed E-state index contributed by atoms with van der Waals surface area (Å²) in [6.07, 6.45) is 1.89. The van der Waals surface area contributed by atoms with Gasteiger partial charge in [-0.25, -0.2) is 0 Å². The fraction of sp³-hybridized carbons (Fsp3) is 0.0952. The molecule has 8 heteroatoms. The first-order chi connectivity index (χ1) is 14.0. The molecule has 0 saturated carbocycles. The molecule has 2 aromatic carbocycles. The summed E-state index contributed by atoms with van der Waals surface area (Å²) in [5.41, 5.74) is 0.837. The first-order valence-corrected chi connectivity index (χ1v) is 9.59. The third-order valence-corrected chi connectivity index (χ3v) is 5.08. The highest BCUT2D eigenvalue weighted by Crippen LogP contribution is 2.18. The number of aromatic nitrogens is 3. The number of hydrogen-bond donors (Lipinski definition) is 0. The molecule has 2 heterocycles. The van der Waals surface area contributed by atoms with Gasteiger partial charge in [0.15, 0.2) is 0 Å². The molecule has 0 spiro atoms. The average molecular weight is 405 g/mol. The zero-order valence-electron chi connectivity index (χ0n) is 15.4. The summed E-state index contributed by atoms with van der Waals surface area (Å²) in [7, 11) is 0. The van der Waals surface area contributed by atoms with Crippen molar-refractivity contribution in [1.29, 1.82) is 0 Å². The van der Waals surface area contributed by atoms with Crippen LogP contribution in [-0.4, -0.2) is 20.6 Å². The van der Waals surface area contributed by atoms with Crippen LogP contribution < -0.4 is 20.4 Å². The van der Waals surface area contributed by atoms with Gasteiger partial charge < -0.3 is 4.74 Å². The predicted octanol–water partition coefficient (Wildman–Crippen LogP) is 1.57. The molecule has 4 rings (SSSR count). The highest BCUT2D eigenvalue weighted by Gasteiger charge is 2.12. The molecular formula is C21H15N3O4S. The van der Waals surface area contributed by atoms with Crippen LogP contribution in [0.5, 0.6) is 5.75 Å². The smallest absolute Gasteiger partial charge is 0.308 e. The third-order valence-electron chi connectivity index (χ3n) is 4.12. The Morgan fingerprint density at radius 3 is 2.59 bits per heavy atom. The normalized spacial score (nSPS) is 11.7. The number of nitrogens with zero attached hydrogens (tertiary/aromatic N) is 3. The van der Waals surface area contributed by atoms with Crippen LogP contribution in [0.2, 0.25) is 0 Å². The molecule has 0 aliphatic heterocycles. The number of benzene rings is 2. The number of thiazole rings is 1. The van der Waals surface area contributed by atoms with Gasteiger partial charge in [-0.05, 0) is 17.7 Å². The van der Waals surface area contributed by atoms with Gasteiger partial charge in [-0.3, -0.25) is 14.4 Å². The van der Waals surface area contributed by atoms with Gasteiger partial charge in [-0.2, -0.15) is 14.6 Å². The average Bonchev–Trinajstić information content (AvgIpc) is 2.99. The number of carbonyl (C=O) groups excluding carboxylic acids is 1. The van der Waals surface area contributed by atoms with Gasteiger partial charge in [0, 0.05) is 18.9 Å². The van der Waals surface area contributed by atoms with E-state index in [-0.39, 0.29) is 16.2 Å². The lowest BCUT2D eigenvalue weighted by molar-refractivity contribution is -0.131. The minimum Gasteiger partial charge on any atom is -0.426 e. The maximum absolute atomic E-state index is 12.8. The molecule has 0 atom stereocenters. The van der Waals surface area contributed by atoms with E-state index in [0.29, 0.717) is 22.3 Å². The SMILES string of the molecule is CC(=O)Oc1ccccc1/C=c1\sc2nc(=O)c(Cc3ccccc3)nn2c1=O. The summed E-state index contributed by atoms with van der Waals surface area (Å²) in [6.45, 7) is 1.31. The Morgan fingerprint density at radius 2 is 1.83 bits per heavy atom. The minimum atomic E-state index is -0.457. The maximum atomic E-state index is 12.8. The number of para-hydroxylation sites is 1. The topological polar surface area (TPSA) is 90.6 Å². The van der Waals surface area contributed by atoms with Crippen molar-refractivity contribution in [3.8, 4) is 5.75 Å². The summed E-state index contributed by atoms with van der Waals surface area (Å²) in [5.74, 6) is -0.110. The van der Waals surface area contributed by atoms with Gasteiger partial charge in [0.2, 0.25) is 4.96 Å². The Bertz CT molecular complexity index is 1380. The number of fused-ring (bicyclic) bond motifs is 1. The second-order valence-electron chi connectivity index (χ2n) is 6.27. The predicted molar refractivity (Wildman–Crippen MR) is 109 cm³/mol. The number of rotatable bonds is 4. The van der Waals surface area contributed by atoms with Gasteiger partial charge in [-0.15, -0.1) is 0 Å². The van der Waals surface area contributed by atoms with Crippen LogP contribution in [0.15, 0.2) is 64.2 Å². The van der Waals surface area contributed by atoms with Gasteiger partial charge in [-0.1, -0.05) is 59.9 Å². The van der Waals surface area contributed by atoms with Crippen molar-refractivity contribution < 1.29 is 9.53 Å². The minimum absolute atomic E-state index is 0.204. The summed E-state index contributed by atoms with van der Waals surface area (Å²) in [6, 6.07) is 16.3. The lowest BCUT2D eigenvalue weighted by Gasteiger charge is -2.03. The second kappa shape index (κ2) is 7.76. The van der Waals surface area contributed by atoms with Crippen molar-refractivity contribution in [3.63, 3.8) is 0 Å². The number of esters is 1. The Kier molecular flexibility index (Phi) is 5.01. The van der Waals surface area contributed by atoms with E-state index in [4.69, 9.17) is 4.74 Å². The molecular weight excluding hydrogens is 390 g/mol. The van der Waals surface area contributed by atoms with E-state index in [1.54, 1.807) is 30.3 Å². The molecule has 144 valence electrons. The van der Waals surface area contributed by atoms with E-state index in [9.17, 15) is 14.4 Å². The second-order valence-corrected chi connectivity index (χ2v) is 7.28. The monoisotopic (exact) mass is 405 g/mol. The molecule has 0 amide bonds. The molecule has 0 bridgehead atoms. The lowest BCUT2D eigenvalue weighted by atomic mass is 10.1. The van der Waals surface area contributed by atoms with Crippen LogP contribution in [-0.2, 0) is 11.2 Å². The molecule has 0 fully saturated rings. The molecule has 0 unspecified atom stereocenters. The van der Waals surface area contributed by atoms with Crippen LogP contribution >= 0.6 is 11.3 Å². The Labute approximate surface area is 168 Å². The largest absolute Gasteiger partial charge is 0.426 e. The zero-order valence-corrected chi connectivity index (χ0v) is 16.2. The molecule has 0 aliphatic rings. The number of ether oxygens (including phenoxy) is 1. The van der Waals surface area contributed by atoms with E-state index >= 15 is 0 Å². The third kappa shape index (κ3) is 3.97. The quantitative estimate of drug-likeness (QED) is 0.378. The van der Waals surface area contributed by atoms with Crippen molar-refractivity contribution >= 4 is 28.3 Å². The van der Waals surface area contributed by atoms with Crippen molar-refractivity contribution in [3.05, 3.63) is 96.7 Å². The van der Waals surface area contributed by atoms with Crippen molar-refractivity contribution in [1.82, 2.24) is 14.6 Å². The van der Waals surface area contributed by atoms with Crippen LogP contribution in [0.3, 0.4) is 0 Å². The number of hydrogen-bond acceptors (Lipinski definition) is 7. The summed E-state index contributed by atoms with van der Waals surface area (Å²) in [4.78, 5) is 40.7. The summed E-state index contributed by atoms with van der Waals surface area (Å²) < 4.78 is 6.66. The molecule has 7 nitrogen and oxygen atoms in total. The standard InChI is InChI=1S/C21H15N3O4S/c1-13(25)28-17-10-6-5-9-15(17)12-18-20(27)24-21(29-18)22-19(26)16(23-24)11-14-7-3-2-4-8-14/h2-10,12H,11H2,1H3/b18-12-. The zero-order chi connectivity index (χ0) is 20.4. The fourth-order valence-corrected chi connectivity index (χ4v) is 3.73. The van der Waals surface area contributed by atoms with E-state index in [1.807, 2.05) is 30.3 Å². The molecule has 0 radical (unpaired) electrons. The summed E-state index contributed by atoms with van der Waals surface area (Å²) in [5, 5.41) is 4.24. The highest BCUT2D eigenvalue weighted by molar-refractivity contribution is 7.15. The Morgan fingerprint density at radius 1 is 1.10 bits per heavy atom. The highest BCUT2D eigenvalue weighted by atomic mass is 32.1.